The molecule has 1 aromatic carbocycles. The summed E-state index contributed by atoms with van der Waals surface area (Å²) in [5.41, 5.74) is 5.51. The zero-order valence-corrected chi connectivity index (χ0v) is 21.5. The van der Waals surface area contributed by atoms with Crippen LogP contribution in [0, 0.1) is 5.41 Å². The van der Waals surface area contributed by atoms with Crippen LogP contribution < -0.4 is 21.7 Å². The number of nitrogens with two attached hydrogens (primary N) is 1. The van der Waals surface area contributed by atoms with Crippen LogP contribution in [0.15, 0.2) is 41.4 Å². The van der Waals surface area contributed by atoms with Gasteiger partial charge in [0.2, 0.25) is 15.9 Å². The Labute approximate surface area is 219 Å². The van der Waals surface area contributed by atoms with Crippen molar-refractivity contribution in [2.45, 2.75) is 49.1 Å². The second-order valence-corrected chi connectivity index (χ2v) is 10.6. The van der Waals surface area contributed by atoms with E-state index < -0.39 is 39.9 Å². The Morgan fingerprint density at radius 2 is 1.87 bits per heavy atom. The van der Waals surface area contributed by atoms with Crippen molar-refractivity contribution in [1.82, 2.24) is 30.2 Å². The van der Waals surface area contributed by atoms with Gasteiger partial charge in [0.05, 0.1) is 4.90 Å². The van der Waals surface area contributed by atoms with Gasteiger partial charge in [0.1, 0.15) is 12.1 Å². The minimum atomic E-state index is -3.93. The van der Waals surface area contributed by atoms with Gasteiger partial charge in [-0.05, 0) is 37.8 Å². The van der Waals surface area contributed by atoms with E-state index in [0.717, 1.165) is 4.31 Å². The van der Waals surface area contributed by atoms with E-state index in [4.69, 9.17) is 11.1 Å². The summed E-state index contributed by atoms with van der Waals surface area (Å²) in [5.74, 6) is -2.61. The highest BCUT2D eigenvalue weighted by molar-refractivity contribution is 7.89. The van der Waals surface area contributed by atoms with E-state index >= 15 is 0 Å². The first-order valence-electron chi connectivity index (χ1n) is 12.1. The third-order valence-corrected chi connectivity index (χ3v) is 7.87. The lowest BCUT2D eigenvalue weighted by atomic mass is 10.1. The fraction of sp³-hybridized carbons (Fsp3) is 0.435. The molecular weight excluding hydrogens is 516 g/mol. The molecule has 14 nitrogen and oxygen atoms in total. The zero-order chi connectivity index (χ0) is 27.7. The molecule has 1 aliphatic heterocycles. The molecule has 2 amide bonds. The van der Waals surface area contributed by atoms with Crippen LogP contribution in [0.2, 0.25) is 0 Å². The number of imidazole rings is 1. The van der Waals surface area contributed by atoms with E-state index in [2.05, 4.69) is 25.9 Å². The molecule has 0 radical (unpaired) electrons. The molecule has 2 atom stereocenters. The minimum absolute atomic E-state index is 0.00625. The fourth-order valence-electron chi connectivity index (χ4n) is 4.04. The van der Waals surface area contributed by atoms with Gasteiger partial charge in [-0.3, -0.25) is 15.0 Å². The third kappa shape index (κ3) is 7.52. The summed E-state index contributed by atoms with van der Waals surface area (Å²) in [6.45, 7) is 1.03. The van der Waals surface area contributed by atoms with Gasteiger partial charge in [0.15, 0.2) is 11.8 Å². The Kier molecular flexibility index (Phi) is 9.78. The first-order valence-corrected chi connectivity index (χ1v) is 13.5. The minimum Gasteiger partial charge on any atom is -0.480 e. The second kappa shape index (κ2) is 13.0. The van der Waals surface area contributed by atoms with Gasteiger partial charge >= 0.3 is 5.97 Å². The highest BCUT2D eigenvalue weighted by Crippen LogP contribution is 2.26. The summed E-state index contributed by atoms with van der Waals surface area (Å²) in [4.78, 5) is 44.0. The molecule has 1 aliphatic rings. The number of carbonyl (C=O) groups excluding carboxylic acids is 2. The maximum Gasteiger partial charge on any atom is 0.326 e. The molecule has 15 heteroatoms. The van der Waals surface area contributed by atoms with E-state index in [1.165, 1.54) is 18.3 Å². The number of nitrogens with one attached hydrogen (secondary N) is 5. The van der Waals surface area contributed by atoms with Crippen LogP contribution in [0.1, 0.15) is 42.0 Å². The van der Waals surface area contributed by atoms with Gasteiger partial charge in [-0.15, -0.1) is 0 Å². The van der Waals surface area contributed by atoms with Crippen LogP contribution in [0.4, 0.5) is 0 Å². The van der Waals surface area contributed by atoms with Gasteiger partial charge < -0.3 is 31.8 Å². The number of H-pyrrole nitrogens is 1. The maximum absolute atomic E-state index is 13.0. The largest absolute Gasteiger partial charge is 0.480 e. The molecule has 1 fully saturated rings. The van der Waals surface area contributed by atoms with Crippen LogP contribution in [-0.2, 0) is 26.0 Å². The zero-order valence-electron chi connectivity index (χ0n) is 20.6. The van der Waals surface area contributed by atoms with Crippen molar-refractivity contribution < 1.29 is 27.9 Å². The smallest absolute Gasteiger partial charge is 0.326 e. The van der Waals surface area contributed by atoms with Crippen molar-refractivity contribution in [3.63, 3.8) is 0 Å². The number of amides is 2. The Morgan fingerprint density at radius 3 is 2.53 bits per heavy atom. The van der Waals surface area contributed by atoms with E-state index in [1.807, 2.05) is 0 Å². The van der Waals surface area contributed by atoms with Crippen molar-refractivity contribution in [1.29, 1.82) is 5.41 Å². The Balaban J connectivity index is 1.57. The number of carboxylic acids is 1. The highest BCUT2D eigenvalue weighted by atomic mass is 32.2. The van der Waals surface area contributed by atoms with E-state index in [1.54, 1.807) is 18.2 Å². The Bertz CT molecular complexity index is 1250. The number of hydrogen-bond donors (Lipinski definition) is 7. The van der Waals surface area contributed by atoms with Crippen LogP contribution in [0.3, 0.4) is 0 Å². The quantitative estimate of drug-likeness (QED) is 0.0959. The van der Waals surface area contributed by atoms with Crippen molar-refractivity contribution >= 4 is 33.8 Å². The summed E-state index contributed by atoms with van der Waals surface area (Å²) < 4.78 is 27.2. The molecule has 38 heavy (non-hydrogen) atoms. The fourth-order valence-corrected chi connectivity index (χ4v) is 5.72. The first-order chi connectivity index (χ1) is 18.1. The molecule has 206 valence electrons. The molecule has 0 spiro atoms. The summed E-state index contributed by atoms with van der Waals surface area (Å²) in [5, 5.41) is 24.5. The maximum atomic E-state index is 13.0. The van der Waals surface area contributed by atoms with Crippen LogP contribution in [-0.4, -0.2) is 83.3 Å². The molecule has 1 aromatic heterocycles. The predicted octanol–water partition coefficient (Wildman–Crippen LogP) is -0.632. The van der Waals surface area contributed by atoms with E-state index in [9.17, 15) is 27.9 Å². The van der Waals surface area contributed by atoms with Crippen LogP contribution in [0.5, 0.6) is 0 Å². The summed E-state index contributed by atoms with van der Waals surface area (Å²) >= 11 is 0. The monoisotopic (exact) mass is 548 g/mol. The van der Waals surface area contributed by atoms with Crippen molar-refractivity contribution in [3.05, 3.63) is 48.0 Å². The Hall–Kier alpha value is -3.98. The number of carbonyl (C=O) groups is 3. The second-order valence-electron chi connectivity index (χ2n) is 8.75. The molecule has 2 aromatic rings. The average molecular weight is 549 g/mol. The molecule has 0 unspecified atom stereocenters. The number of aromatic amines is 1. The van der Waals surface area contributed by atoms with Crippen LogP contribution in [0.25, 0.3) is 0 Å². The molecule has 0 saturated carbocycles. The Morgan fingerprint density at radius 1 is 1.18 bits per heavy atom. The number of sulfonamides is 1. The number of nitrogens with zero attached hydrogens (tertiary/aromatic N) is 2. The highest BCUT2D eigenvalue weighted by Gasteiger charge is 2.40. The lowest BCUT2D eigenvalue weighted by molar-refractivity contribution is -0.142. The first kappa shape index (κ1) is 28.6. The van der Waals surface area contributed by atoms with Crippen molar-refractivity contribution in [2.75, 3.05) is 19.6 Å². The summed E-state index contributed by atoms with van der Waals surface area (Å²) in [6.07, 6.45) is 3.20. The number of hydrogen-bond acceptors (Lipinski definition) is 7. The molecule has 8 N–H and O–H groups in total. The van der Waals surface area contributed by atoms with Crippen molar-refractivity contribution in [3.8, 4) is 0 Å². The molecule has 0 aliphatic carbocycles. The lowest BCUT2D eigenvalue weighted by Crippen LogP contribution is -2.51. The molecule has 3 rings (SSSR count). The normalized spacial score (nSPS) is 16.5. The van der Waals surface area contributed by atoms with E-state index in [-0.39, 0.29) is 36.1 Å². The standard InChI is InChI=1S/C23H32N8O6S/c24-23(25)27-11-5-4-10-26-21(33)19-28-14-15(29-19)13-17(22(34)35)30-20(32)18-9-6-12-31(18)38(36,37)16-7-2-1-3-8-16/h1-3,7-8,14,17-18H,4-6,9-13H2,(H,26,33)(H,28,29)(H,30,32)(H,34,35)(H4,24,25,27)/t17-,18-/m0/s1. The van der Waals surface area contributed by atoms with Gasteiger partial charge in [-0.2, -0.15) is 4.31 Å². The van der Waals surface area contributed by atoms with Gasteiger partial charge in [-0.25, -0.2) is 18.2 Å². The van der Waals surface area contributed by atoms with Gasteiger partial charge in [0.25, 0.3) is 5.91 Å². The number of rotatable bonds is 13. The third-order valence-electron chi connectivity index (χ3n) is 5.94. The number of benzene rings is 1. The molecule has 1 saturated heterocycles. The number of aliphatic carboxylic acids is 1. The predicted molar refractivity (Wildman–Crippen MR) is 137 cm³/mol. The SMILES string of the molecule is N=C(N)NCCCCNC(=O)c1ncc(C[C@H](NC(=O)[C@@H]2CCCN2S(=O)(=O)c2ccccc2)C(=O)O)[nH]1. The number of aromatic nitrogens is 2. The molecule has 2 heterocycles. The van der Waals surface area contributed by atoms with Gasteiger partial charge in [0, 0.05) is 37.9 Å². The number of carboxylic acid groups (broad SMARTS) is 1. The molecular formula is C23H32N8O6S. The van der Waals surface area contributed by atoms with E-state index in [0.29, 0.717) is 38.0 Å². The lowest BCUT2D eigenvalue weighted by Gasteiger charge is -2.25. The summed E-state index contributed by atoms with van der Waals surface area (Å²) in [6, 6.07) is 5.36. The number of unbranched alkanes of at least 4 members (excludes halogenated alkanes) is 1. The summed E-state index contributed by atoms with van der Waals surface area (Å²) in [7, 11) is -3.93. The van der Waals surface area contributed by atoms with Gasteiger partial charge in [-0.1, -0.05) is 18.2 Å². The van der Waals surface area contributed by atoms with Crippen LogP contribution >= 0.6 is 0 Å². The average Bonchev–Trinajstić information content (AvgIpc) is 3.56. The topological polar surface area (TPSA) is 223 Å². The molecule has 0 bridgehead atoms. The van der Waals surface area contributed by atoms with Crippen molar-refractivity contribution in [2.24, 2.45) is 5.73 Å². The number of guanidine groups is 1.